The Kier molecular flexibility index (Phi) is 6.90. The monoisotopic (exact) mass is 428 g/mol. The lowest BCUT2D eigenvalue weighted by Crippen LogP contribution is -2.09. The Morgan fingerprint density at radius 2 is 1.50 bits per heavy atom. The Morgan fingerprint density at radius 3 is 2.12 bits per heavy atom. The van der Waals surface area contributed by atoms with E-state index in [1.807, 2.05) is 55.5 Å². The summed E-state index contributed by atoms with van der Waals surface area (Å²) in [4.78, 5) is 23.3. The molecule has 3 rings (SSSR count). The number of benzene rings is 2. The van der Waals surface area contributed by atoms with Crippen LogP contribution < -0.4 is 9.47 Å². The van der Waals surface area contributed by atoms with Crippen molar-refractivity contribution in [2.75, 3.05) is 0 Å². The van der Waals surface area contributed by atoms with Gasteiger partial charge in [-0.05, 0) is 80.4 Å². The number of rotatable bonds is 7. The normalized spacial score (nSPS) is 10.7. The SMILES string of the molecule is C=C(C)C(=O)Oc1ccc(/C=C/c2ccc(-c3ccc(OC(=O)C(=C)C)c(C)c3)o2)cc1. The standard InChI is InChI=1S/C27H24O5/c1-17(2)26(28)31-23-11-7-20(8-12-23)6-10-22-13-15-25(30-22)21-9-14-24(19(5)16-21)32-27(29)18(3)4/h6-16H,1,3H2,2,4-5H3/b10-6+. The van der Waals surface area contributed by atoms with Gasteiger partial charge in [-0.2, -0.15) is 0 Å². The van der Waals surface area contributed by atoms with Crippen LogP contribution in [0.1, 0.15) is 30.7 Å². The molecule has 1 aromatic heterocycles. The lowest BCUT2D eigenvalue weighted by Gasteiger charge is -2.08. The zero-order valence-electron chi connectivity index (χ0n) is 18.3. The molecule has 2 aromatic carbocycles. The second kappa shape index (κ2) is 9.79. The first-order valence-electron chi connectivity index (χ1n) is 9.97. The van der Waals surface area contributed by atoms with Gasteiger partial charge in [-0.15, -0.1) is 0 Å². The molecule has 0 bridgehead atoms. The molecular formula is C27H24O5. The molecule has 0 aliphatic heterocycles. The van der Waals surface area contributed by atoms with Crippen LogP contribution >= 0.6 is 0 Å². The van der Waals surface area contributed by atoms with Crippen LogP contribution in [-0.2, 0) is 9.59 Å². The number of furan rings is 1. The molecule has 0 spiro atoms. The molecule has 1 heterocycles. The van der Waals surface area contributed by atoms with Gasteiger partial charge >= 0.3 is 11.9 Å². The van der Waals surface area contributed by atoms with Crippen LogP contribution in [-0.4, -0.2) is 11.9 Å². The van der Waals surface area contributed by atoms with Crippen molar-refractivity contribution < 1.29 is 23.5 Å². The zero-order chi connectivity index (χ0) is 23.3. The molecule has 0 N–H and O–H groups in total. The molecule has 3 aromatic rings. The minimum atomic E-state index is -0.451. The van der Waals surface area contributed by atoms with Gasteiger partial charge in [-0.3, -0.25) is 0 Å². The number of esters is 2. The van der Waals surface area contributed by atoms with Crippen molar-refractivity contribution >= 4 is 24.1 Å². The highest BCUT2D eigenvalue weighted by Gasteiger charge is 2.11. The summed E-state index contributed by atoms with van der Waals surface area (Å²) >= 11 is 0. The Labute approximate surface area is 187 Å². The van der Waals surface area contributed by atoms with Crippen LogP contribution in [0.25, 0.3) is 23.5 Å². The summed E-state index contributed by atoms with van der Waals surface area (Å²) < 4.78 is 16.4. The fourth-order valence-corrected chi connectivity index (χ4v) is 2.72. The predicted octanol–water partition coefficient (Wildman–Crippen LogP) is 6.39. The lowest BCUT2D eigenvalue weighted by molar-refractivity contribution is -0.131. The number of ether oxygens (including phenoxy) is 2. The lowest BCUT2D eigenvalue weighted by atomic mass is 10.1. The van der Waals surface area contributed by atoms with E-state index in [1.54, 1.807) is 32.0 Å². The van der Waals surface area contributed by atoms with Crippen LogP contribution in [0.15, 0.2) is 83.3 Å². The molecule has 0 fully saturated rings. The third-order valence-corrected chi connectivity index (χ3v) is 4.52. The van der Waals surface area contributed by atoms with Crippen LogP contribution in [0.3, 0.4) is 0 Å². The molecule has 0 amide bonds. The van der Waals surface area contributed by atoms with Gasteiger partial charge in [0.2, 0.25) is 0 Å². The first kappa shape index (κ1) is 22.6. The van der Waals surface area contributed by atoms with Gasteiger partial charge in [0.1, 0.15) is 23.0 Å². The molecular weight excluding hydrogens is 404 g/mol. The molecule has 0 aliphatic carbocycles. The number of carbonyl (C=O) groups excluding carboxylic acids is 2. The van der Waals surface area contributed by atoms with E-state index in [0.717, 1.165) is 16.7 Å². The summed E-state index contributed by atoms with van der Waals surface area (Å²) in [5, 5.41) is 0. The van der Waals surface area contributed by atoms with Crippen molar-refractivity contribution in [2.24, 2.45) is 0 Å². The Bertz CT molecular complexity index is 1210. The average molecular weight is 428 g/mol. The number of hydrogen-bond acceptors (Lipinski definition) is 5. The smallest absolute Gasteiger partial charge is 0.338 e. The number of carbonyl (C=O) groups is 2. The quantitative estimate of drug-likeness (QED) is 0.248. The van der Waals surface area contributed by atoms with E-state index in [2.05, 4.69) is 13.2 Å². The summed E-state index contributed by atoms with van der Waals surface area (Å²) in [6, 6.07) is 16.4. The Balaban J connectivity index is 1.68. The van der Waals surface area contributed by atoms with E-state index in [9.17, 15) is 9.59 Å². The van der Waals surface area contributed by atoms with Gasteiger partial charge in [0.25, 0.3) is 0 Å². The molecule has 0 radical (unpaired) electrons. The molecule has 0 aliphatic rings. The van der Waals surface area contributed by atoms with Gasteiger partial charge in [0.15, 0.2) is 0 Å². The van der Waals surface area contributed by atoms with Crippen LogP contribution in [0.2, 0.25) is 0 Å². The summed E-state index contributed by atoms with van der Waals surface area (Å²) in [5.74, 6) is 1.44. The summed E-state index contributed by atoms with van der Waals surface area (Å²) in [7, 11) is 0. The molecule has 0 unspecified atom stereocenters. The highest BCUT2D eigenvalue weighted by Crippen LogP contribution is 2.28. The van der Waals surface area contributed by atoms with Crippen molar-refractivity contribution in [1.29, 1.82) is 0 Å². The van der Waals surface area contributed by atoms with E-state index in [0.29, 0.717) is 34.2 Å². The van der Waals surface area contributed by atoms with E-state index in [-0.39, 0.29) is 0 Å². The highest BCUT2D eigenvalue weighted by atomic mass is 16.5. The minimum Gasteiger partial charge on any atom is -0.457 e. The molecule has 0 atom stereocenters. The fourth-order valence-electron chi connectivity index (χ4n) is 2.72. The fraction of sp³-hybridized carbons (Fsp3) is 0.111. The number of hydrogen-bond donors (Lipinski definition) is 0. The second-order valence-electron chi connectivity index (χ2n) is 7.42. The van der Waals surface area contributed by atoms with Gasteiger partial charge in [0, 0.05) is 16.7 Å². The largest absolute Gasteiger partial charge is 0.457 e. The van der Waals surface area contributed by atoms with Crippen molar-refractivity contribution in [3.63, 3.8) is 0 Å². The zero-order valence-corrected chi connectivity index (χ0v) is 18.3. The molecule has 5 nitrogen and oxygen atoms in total. The Morgan fingerprint density at radius 1 is 0.844 bits per heavy atom. The van der Waals surface area contributed by atoms with Crippen molar-refractivity contribution in [1.82, 2.24) is 0 Å². The van der Waals surface area contributed by atoms with Crippen LogP contribution in [0, 0.1) is 6.92 Å². The van der Waals surface area contributed by atoms with Crippen LogP contribution in [0.5, 0.6) is 11.5 Å². The van der Waals surface area contributed by atoms with E-state index >= 15 is 0 Å². The maximum atomic E-state index is 11.7. The van der Waals surface area contributed by atoms with Crippen molar-refractivity contribution in [3.05, 3.63) is 95.8 Å². The van der Waals surface area contributed by atoms with Gasteiger partial charge in [-0.25, -0.2) is 9.59 Å². The van der Waals surface area contributed by atoms with Crippen LogP contribution in [0.4, 0.5) is 0 Å². The van der Waals surface area contributed by atoms with Gasteiger partial charge in [-0.1, -0.05) is 31.4 Å². The average Bonchev–Trinajstić information content (AvgIpc) is 3.23. The summed E-state index contributed by atoms with van der Waals surface area (Å²) in [5.41, 5.74) is 3.32. The Hall–Kier alpha value is -4.12. The second-order valence-corrected chi connectivity index (χ2v) is 7.42. The molecule has 32 heavy (non-hydrogen) atoms. The topological polar surface area (TPSA) is 65.7 Å². The van der Waals surface area contributed by atoms with E-state index in [4.69, 9.17) is 13.9 Å². The summed E-state index contributed by atoms with van der Waals surface area (Å²) in [6.45, 7) is 12.2. The molecule has 5 heteroatoms. The maximum Gasteiger partial charge on any atom is 0.338 e. The first-order valence-corrected chi connectivity index (χ1v) is 9.97. The third kappa shape index (κ3) is 5.73. The molecule has 0 saturated heterocycles. The number of aryl methyl sites for hydroxylation is 1. The minimum absolute atomic E-state index is 0.346. The van der Waals surface area contributed by atoms with Gasteiger partial charge < -0.3 is 13.9 Å². The first-order chi connectivity index (χ1) is 15.2. The summed E-state index contributed by atoms with van der Waals surface area (Å²) in [6.07, 6.45) is 3.76. The van der Waals surface area contributed by atoms with E-state index in [1.165, 1.54) is 0 Å². The van der Waals surface area contributed by atoms with E-state index < -0.39 is 11.9 Å². The third-order valence-electron chi connectivity index (χ3n) is 4.52. The van der Waals surface area contributed by atoms with Crippen molar-refractivity contribution in [2.45, 2.75) is 20.8 Å². The van der Waals surface area contributed by atoms with Crippen molar-refractivity contribution in [3.8, 4) is 22.8 Å². The predicted molar refractivity (Wildman–Crippen MR) is 125 cm³/mol. The molecule has 162 valence electrons. The van der Waals surface area contributed by atoms with Gasteiger partial charge in [0.05, 0.1) is 0 Å². The maximum absolute atomic E-state index is 11.7. The molecule has 0 saturated carbocycles. The highest BCUT2D eigenvalue weighted by molar-refractivity contribution is 5.89.